The maximum Gasteiger partial charge on any atom is 0.162 e. The molecule has 0 fully saturated rings. The molecular formula is C21H29N3O. The number of hydrogen-bond donors (Lipinski definition) is 0. The number of carbonyl (C=O) groups is 1. The Morgan fingerprint density at radius 1 is 0.960 bits per heavy atom. The molecule has 2 heterocycles. The summed E-state index contributed by atoms with van der Waals surface area (Å²) >= 11 is 0. The Kier molecular flexibility index (Phi) is 7.96. The minimum Gasteiger partial charge on any atom is -0.350 e. The molecule has 0 radical (unpaired) electrons. The summed E-state index contributed by atoms with van der Waals surface area (Å²) in [6, 6.07) is 12.1. The van der Waals surface area contributed by atoms with Gasteiger partial charge in [0.25, 0.3) is 0 Å². The Morgan fingerprint density at radius 2 is 1.56 bits per heavy atom. The highest BCUT2D eigenvalue weighted by molar-refractivity contribution is 5.77. The van der Waals surface area contributed by atoms with Crippen LogP contribution >= 0.6 is 0 Å². The van der Waals surface area contributed by atoms with Crippen molar-refractivity contribution in [1.29, 1.82) is 0 Å². The van der Waals surface area contributed by atoms with E-state index in [-0.39, 0.29) is 6.17 Å². The molecule has 4 nitrogen and oxygen atoms in total. The number of para-hydroxylation sites is 1. The number of fused-ring (bicyclic) bond motifs is 1. The van der Waals surface area contributed by atoms with Gasteiger partial charge in [0.15, 0.2) is 12.5 Å². The summed E-state index contributed by atoms with van der Waals surface area (Å²) in [6.07, 6.45) is 11.5. The zero-order valence-corrected chi connectivity index (χ0v) is 15.3. The minimum atomic E-state index is -0.0527. The second kappa shape index (κ2) is 10.5. The molecule has 0 saturated heterocycles. The van der Waals surface area contributed by atoms with Crippen LogP contribution in [0.5, 0.6) is 0 Å². The monoisotopic (exact) mass is 339 g/mol. The summed E-state index contributed by atoms with van der Waals surface area (Å²) < 4.78 is 0. The Morgan fingerprint density at radius 3 is 2.12 bits per heavy atom. The average molecular weight is 339 g/mol. The molecule has 0 bridgehead atoms. The van der Waals surface area contributed by atoms with Crippen LogP contribution in [0, 0.1) is 0 Å². The number of benzene rings is 1. The standard InChI is InChI=1S/C12H22N2O.C9H7N/c1-3-5-7-13-9-10-14(8-6-4-2)12(13)11-15;1-2-6-9-8(4-1)5-3-7-10-9/h9-12H,3-8H2,1-2H3;1-7H. The molecule has 3 rings (SSSR count). The molecule has 0 aliphatic carbocycles. The molecule has 0 unspecified atom stereocenters. The summed E-state index contributed by atoms with van der Waals surface area (Å²) in [5, 5.41) is 1.20. The van der Waals surface area contributed by atoms with Crippen molar-refractivity contribution in [3.05, 3.63) is 55.0 Å². The van der Waals surface area contributed by atoms with E-state index < -0.39 is 0 Å². The van der Waals surface area contributed by atoms with Crippen LogP contribution in [0.15, 0.2) is 55.0 Å². The van der Waals surface area contributed by atoms with Gasteiger partial charge >= 0.3 is 0 Å². The Balaban J connectivity index is 0.000000194. The molecule has 0 spiro atoms. The van der Waals surface area contributed by atoms with E-state index in [1.807, 2.05) is 42.9 Å². The van der Waals surface area contributed by atoms with Gasteiger partial charge in [0.2, 0.25) is 0 Å². The van der Waals surface area contributed by atoms with Gasteiger partial charge in [-0.05, 0) is 25.0 Å². The highest BCUT2D eigenvalue weighted by Crippen LogP contribution is 2.15. The third-order valence-electron chi connectivity index (χ3n) is 4.30. The van der Waals surface area contributed by atoms with Crippen LogP contribution in [0.4, 0.5) is 0 Å². The fourth-order valence-corrected chi connectivity index (χ4v) is 2.81. The second-order valence-corrected chi connectivity index (χ2v) is 6.23. The number of pyridine rings is 1. The van der Waals surface area contributed by atoms with Crippen molar-refractivity contribution in [2.45, 2.75) is 45.7 Å². The Hall–Kier alpha value is -2.36. The van der Waals surface area contributed by atoms with Crippen molar-refractivity contribution in [3.8, 4) is 0 Å². The third kappa shape index (κ3) is 5.59. The largest absolute Gasteiger partial charge is 0.350 e. The minimum absolute atomic E-state index is 0.0527. The van der Waals surface area contributed by atoms with E-state index in [1.165, 1.54) is 18.2 Å². The fourth-order valence-electron chi connectivity index (χ4n) is 2.81. The molecule has 1 aliphatic heterocycles. The summed E-state index contributed by atoms with van der Waals surface area (Å²) in [7, 11) is 0. The second-order valence-electron chi connectivity index (χ2n) is 6.23. The lowest BCUT2D eigenvalue weighted by Gasteiger charge is -2.28. The third-order valence-corrected chi connectivity index (χ3v) is 4.30. The van der Waals surface area contributed by atoms with Gasteiger partial charge in [-0.2, -0.15) is 0 Å². The van der Waals surface area contributed by atoms with E-state index in [2.05, 4.69) is 40.8 Å². The van der Waals surface area contributed by atoms with Crippen LogP contribution in [0.2, 0.25) is 0 Å². The van der Waals surface area contributed by atoms with Crippen LogP contribution in [-0.4, -0.2) is 40.3 Å². The van der Waals surface area contributed by atoms with Gasteiger partial charge in [0.1, 0.15) is 0 Å². The zero-order valence-electron chi connectivity index (χ0n) is 15.3. The summed E-state index contributed by atoms with van der Waals surface area (Å²) in [4.78, 5) is 19.5. The van der Waals surface area contributed by atoms with Crippen molar-refractivity contribution >= 4 is 17.2 Å². The average Bonchev–Trinajstić information content (AvgIpc) is 3.07. The molecule has 0 amide bonds. The Labute approximate surface area is 151 Å². The summed E-state index contributed by atoms with van der Waals surface area (Å²) in [5.41, 5.74) is 1.06. The lowest BCUT2D eigenvalue weighted by molar-refractivity contribution is -0.115. The van der Waals surface area contributed by atoms with Crippen molar-refractivity contribution in [2.24, 2.45) is 0 Å². The number of hydrogen-bond acceptors (Lipinski definition) is 4. The molecule has 4 heteroatoms. The van der Waals surface area contributed by atoms with E-state index in [0.29, 0.717) is 0 Å². The quantitative estimate of drug-likeness (QED) is 0.699. The zero-order chi connectivity index (χ0) is 17.9. The SMILES string of the molecule is CCCCN1C=CN(CCCC)C1C=O.c1ccc2ncccc2c1. The van der Waals surface area contributed by atoms with Crippen LogP contribution in [0.3, 0.4) is 0 Å². The van der Waals surface area contributed by atoms with E-state index in [4.69, 9.17) is 0 Å². The fraction of sp³-hybridized carbons (Fsp3) is 0.429. The topological polar surface area (TPSA) is 36.4 Å². The molecule has 1 aromatic carbocycles. The van der Waals surface area contributed by atoms with Crippen molar-refractivity contribution in [2.75, 3.05) is 13.1 Å². The molecule has 25 heavy (non-hydrogen) atoms. The van der Waals surface area contributed by atoms with Crippen molar-refractivity contribution in [3.63, 3.8) is 0 Å². The first kappa shape index (κ1) is 19.0. The van der Waals surface area contributed by atoms with Crippen molar-refractivity contribution < 1.29 is 4.79 Å². The predicted molar refractivity (Wildman–Crippen MR) is 104 cm³/mol. The maximum absolute atomic E-state index is 11.0. The Bertz CT molecular complexity index is 587. The van der Waals surface area contributed by atoms with Gasteiger partial charge in [-0.15, -0.1) is 0 Å². The van der Waals surface area contributed by atoms with Crippen LogP contribution in [-0.2, 0) is 4.79 Å². The smallest absolute Gasteiger partial charge is 0.162 e. The van der Waals surface area contributed by atoms with Gasteiger partial charge in [0.05, 0.1) is 5.52 Å². The summed E-state index contributed by atoms with van der Waals surface area (Å²) in [6.45, 7) is 6.31. The van der Waals surface area contributed by atoms with Gasteiger partial charge in [-0.3, -0.25) is 9.78 Å². The number of unbranched alkanes of at least 4 members (excludes halogenated alkanes) is 2. The van der Waals surface area contributed by atoms with E-state index >= 15 is 0 Å². The first-order chi connectivity index (χ1) is 12.3. The molecule has 0 N–H and O–H groups in total. The van der Waals surface area contributed by atoms with E-state index in [9.17, 15) is 4.79 Å². The van der Waals surface area contributed by atoms with Gasteiger partial charge in [-0.1, -0.05) is 51.0 Å². The molecule has 1 aromatic heterocycles. The highest BCUT2D eigenvalue weighted by Gasteiger charge is 2.24. The van der Waals surface area contributed by atoms with Gasteiger partial charge in [0, 0.05) is 37.1 Å². The molecule has 2 aromatic rings. The molecular weight excluding hydrogens is 310 g/mol. The molecule has 134 valence electrons. The number of rotatable bonds is 7. The number of aldehydes is 1. The van der Waals surface area contributed by atoms with Crippen LogP contribution < -0.4 is 0 Å². The number of carbonyl (C=O) groups excluding carboxylic acids is 1. The lowest BCUT2D eigenvalue weighted by atomic mass is 10.2. The number of nitrogens with zero attached hydrogens (tertiary/aromatic N) is 3. The van der Waals surface area contributed by atoms with E-state index in [0.717, 1.165) is 37.7 Å². The molecule has 1 aliphatic rings. The first-order valence-electron chi connectivity index (χ1n) is 9.25. The van der Waals surface area contributed by atoms with E-state index in [1.54, 1.807) is 0 Å². The highest BCUT2D eigenvalue weighted by atomic mass is 16.1. The molecule has 0 saturated carbocycles. The van der Waals surface area contributed by atoms with Crippen molar-refractivity contribution in [1.82, 2.24) is 14.8 Å². The normalized spacial score (nSPS) is 13.8. The number of aromatic nitrogens is 1. The van der Waals surface area contributed by atoms with Crippen LogP contribution in [0.25, 0.3) is 10.9 Å². The lowest BCUT2D eigenvalue weighted by Crippen LogP contribution is -2.40. The van der Waals surface area contributed by atoms with Gasteiger partial charge < -0.3 is 9.80 Å². The first-order valence-corrected chi connectivity index (χ1v) is 9.25. The maximum atomic E-state index is 11.0. The summed E-state index contributed by atoms with van der Waals surface area (Å²) in [5.74, 6) is 0. The van der Waals surface area contributed by atoms with Crippen LogP contribution in [0.1, 0.15) is 39.5 Å². The van der Waals surface area contributed by atoms with Gasteiger partial charge in [-0.25, -0.2) is 0 Å². The molecule has 0 atom stereocenters. The predicted octanol–water partition coefficient (Wildman–Crippen LogP) is 4.44.